The molecule has 7 heteroatoms. The van der Waals surface area contributed by atoms with Crippen molar-refractivity contribution in [3.05, 3.63) is 59.1 Å². The number of nitrogens with one attached hydrogen (secondary N) is 1. The molecule has 1 N–H and O–H groups in total. The molecule has 0 atom stereocenters. The molecule has 3 aromatic rings. The van der Waals surface area contributed by atoms with E-state index in [1.807, 2.05) is 36.4 Å². The summed E-state index contributed by atoms with van der Waals surface area (Å²) in [6, 6.07) is 15.6. The third kappa shape index (κ3) is 5.92. The number of benzene rings is 2. The zero-order valence-electron chi connectivity index (χ0n) is 13.7. The molecule has 0 aliphatic heterocycles. The van der Waals surface area contributed by atoms with E-state index in [9.17, 15) is 0 Å². The zero-order valence-corrected chi connectivity index (χ0v) is 16.1. The van der Waals surface area contributed by atoms with Gasteiger partial charge >= 0.3 is 0 Å². The standard InChI is InChI=1S/C18H18ClN3OS2/c1-13-3-7-15(8-4-13)20-17-21-22-18(25-17)24-12-2-11-23-16-9-5-14(19)6-10-16/h3-10H,2,11-12H2,1H3,(H,20,21). The first kappa shape index (κ1) is 18.0. The lowest BCUT2D eigenvalue weighted by Crippen LogP contribution is -1.98. The van der Waals surface area contributed by atoms with Gasteiger partial charge in [0.15, 0.2) is 4.34 Å². The largest absolute Gasteiger partial charge is 0.494 e. The smallest absolute Gasteiger partial charge is 0.210 e. The zero-order chi connectivity index (χ0) is 17.5. The van der Waals surface area contributed by atoms with E-state index < -0.39 is 0 Å². The van der Waals surface area contributed by atoms with E-state index in [2.05, 4.69) is 34.6 Å². The molecular weight excluding hydrogens is 374 g/mol. The molecular formula is C18H18ClN3OS2. The third-order valence-electron chi connectivity index (χ3n) is 3.31. The molecule has 0 saturated carbocycles. The fourth-order valence-corrected chi connectivity index (χ4v) is 3.90. The molecule has 0 saturated heterocycles. The number of rotatable bonds is 8. The van der Waals surface area contributed by atoms with E-state index in [1.165, 1.54) is 5.56 Å². The molecule has 0 bridgehead atoms. The molecule has 1 aromatic heterocycles. The first-order valence-electron chi connectivity index (χ1n) is 7.87. The highest BCUT2D eigenvalue weighted by atomic mass is 35.5. The number of hydrogen-bond acceptors (Lipinski definition) is 6. The lowest BCUT2D eigenvalue weighted by atomic mass is 10.2. The second-order valence-electron chi connectivity index (χ2n) is 5.37. The predicted molar refractivity (Wildman–Crippen MR) is 107 cm³/mol. The monoisotopic (exact) mass is 391 g/mol. The number of aryl methyl sites for hydroxylation is 1. The normalized spacial score (nSPS) is 10.6. The van der Waals surface area contributed by atoms with Crippen molar-refractivity contribution in [3.63, 3.8) is 0 Å². The summed E-state index contributed by atoms with van der Waals surface area (Å²) in [7, 11) is 0. The van der Waals surface area contributed by atoms with Crippen LogP contribution in [0.25, 0.3) is 0 Å². The number of nitrogens with zero attached hydrogens (tertiary/aromatic N) is 2. The number of anilines is 2. The summed E-state index contributed by atoms with van der Waals surface area (Å²) in [4.78, 5) is 0. The molecule has 0 amide bonds. The van der Waals surface area contributed by atoms with E-state index in [-0.39, 0.29) is 0 Å². The van der Waals surface area contributed by atoms with Gasteiger partial charge in [0.25, 0.3) is 0 Å². The van der Waals surface area contributed by atoms with Crippen molar-refractivity contribution in [2.45, 2.75) is 17.7 Å². The molecule has 2 aromatic carbocycles. The first-order valence-corrected chi connectivity index (χ1v) is 10.1. The summed E-state index contributed by atoms with van der Waals surface area (Å²) in [5, 5.41) is 13.2. The number of aromatic nitrogens is 2. The van der Waals surface area contributed by atoms with Gasteiger partial charge in [0.05, 0.1) is 6.61 Å². The summed E-state index contributed by atoms with van der Waals surface area (Å²) >= 11 is 9.11. The van der Waals surface area contributed by atoms with Gasteiger partial charge in [-0.1, -0.05) is 52.4 Å². The quantitative estimate of drug-likeness (QED) is 0.388. The highest BCUT2D eigenvalue weighted by molar-refractivity contribution is 8.01. The van der Waals surface area contributed by atoms with Gasteiger partial charge in [0, 0.05) is 16.5 Å². The van der Waals surface area contributed by atoms with Crippen LogP contribution in [0.3, 0.4) is 0 Å². The molecule has 0 spiro atoms. The fourth-order valence-electron chi connectivity index (χ4n) is 2.02. The van der Waals surface area contributed by atoms with Gasteiger partial charge in [-0.15, -0.1) is 10.2 Å². The van der Waals surface area contributed by atoms with Crippen LogP contribution in [-0.4, -0.2) is 22.6 Å². The van der Waals surface area contributed by atoms with Gasteiger partial charge in [-0.2, -0.15) is 0 Å². The van der Waals surface area contributed by atoms with Gasteiger partial charge in [0.1, 0.15) is 5.75 Å². The number of halogens is 1. The first-order chi connectivity index (χ1) is 12.2. The van der Waals surface area contributed by atoms with Crippen molar-refractivity contribution < 1.29 is 4.74 Å². The van der Waals surface area contributed by atoms with Gasteiger partial charge in [-0.05, 0) is 49.7 Å². The van der Waals surface area contributed by atoms with Crippen LogP contribution in [-0.2, 0) is 0 Å². The van der Waals surface area contributed by atoms with Crippen LogP contribution < -0.4 is 10.1 Å². The number of thioether (sulfide) groups is 1. The molecule has 0 fully saturated rings. The summed E-state index contributed by atoms with van der Waals surface area (Å²) in [5.74, 6) is 1.78. The number of ether oxygens (including phenoxy) is 1. The Hall–Kier alpha value is -1.76. The average molecular weight is 392 g/mol. The van der Waals surface area contributed by atoms with Crippen LogP contribution in [0.15, 0.2) is 52.9 Å². The van der Waals surface area contributed by atoms with Crippen LogP contribution in [0, 0.1) is 6.92 Å². The Kier molecular flexibility index (Phi) is 6.55. The maximum atomic E-state index is 5.85. The Morgan fingerprint density at radius 1 is 1.08 bits per heavy atom. The lowest BCUT2D eigenvalue weighted by molar-refractivity contribution is 0.319. The van der Waals surface area contributed by atoms with E-state index in [4.69, 9.17) is 16.3 Å². The van der Waals surface area contributed by atoms with E-state index >= 15 is 0 Å². The van der Waals surface area contributed by atoms with Crippen molar-refractivity contribution in [2.24, 2.45) is 0 Å². The van der Waals surface area contributed by atoms with Crippen molar-refractivity contribution in [1.82, 2.24) is 10.2 Å². The molecule has 25 heavy (non-hydrogen) atoms. The van der Waals surface area contributed by atoms with E-state index in [0.717, 1.165) is 33.1 Å². The summed E-state index contributed by atoms with van der Waals surface area (Å²) < 4.78 is 6.64. The highest BCUT2D eigenvalue weighted by Crippen LogP contribution is 2.28. The molecule has 0 unspecified atom stereocenters. The maximum absolute atomic E-state index is 5.85. The summed E-state index contributed by atoms with van der Waals surface area (Å²) in [6.45, 7) is 2.74. The van der Waals surface area contributed by atoms with Gasteiger partial charge < -0.3 is 10.1 Å². The highest BCUT2D eigenvalue weighted by Gasteiger charge is 2.05. The fraction of sp³-hybridized carbons (Fsp3) is 0.222. The average Bonchev–Trinajstić information content (AvgIpc) is 3.06. The Bertz CT molecular complexity index is 791. The van der Waals surface area contributed by atoms with Crippen molar-refractivity contribution in [1.29, 1.82) is 0 Å². The SMILES string of the molecule is Cc1ccc(Nc2nnc(SCCCOc3ccc(Cl)cc3)s2)cc1. The van der Waals surface area contributed by atoms with Crippen LogP contribution >= 0.6 is 34.7 Å². The van der Waals surface area contributed by atoms with Crippen molar-refractivity contribution in [2.75, 3.05) is 17.7 Å². The van der Waals surface area contributed by atoms with E-state index in [1.54, 1.807) is 23.1 Å². The minimum atomic E-state index is 0.669. The molecule has 0 radical (unpaired) electrons. The lowest BCUT2D eigenvalue weighted by Gasteiger charge is -2.05. The molecule has 0 aliphatic rings. The van der Waals surface area contributed by atoms with Gasteiger partial charge in [-0.3, -0.25) is 0 Å². The van der Waals surface area contributed by atoms with Crippen molar-refractivity contribution >= 4 is 45.5 Å². The molecule has 4 nitrogen and oxygen atoms in total. The second kappa shape index (κ2) is 9.08. The number of hydrogen-bond donors (Lipinski definition) is 1. The Balaban J connectivity index is 1.38. The topological polar surface area (TPSA) is 47.0 Å². The summed E-state index contributed by atoms with van der Waals surface area (Å²) in [5.41, 5.74) is 2.26. The molecule has 3 rings (SSSR count). The van der Waals surface area contributed by atoms with E-state index in [0.29, 0.717) is 11.6 Å². The van der Waals surface area contributed by atoms with Crippen LogP contribution in [0.4, 0.5) is 10.8 Å². The van der Waals surface area contributed by atoms with Gasteiger partial charge in [-0.25, -0.2) is 0 Å². The maximum Gasteiger partial charge on any atom is 0.210 e. The Morgan fingerprint density at radius 2 is 1.84 bits per heavy atom. The van der Waals surface area contributed by atoms with Crippen molar-refractivity contribution in [3.8, 4) is 5.75 Å². The second-order valence-corrected chi connectivity index (χ2v) is 8.12. The Morgan fingerprint density at radius 3 is 2.60 bits per heavy atom. The van der Waals surface area contributed by atoms with Crippen LogP contribution in [0.5, 0.6) is 5.75 Å². The molecule has 130 valence electrons. The minimum absolute atomic E-state index is 0.669. The predicted octanol–water partition coefficient (Wildman–Crippen LogP) is 5.80. The van der Waals surface area contributed by atoms with Crippen LogP contribution in [0.2, 0.25) is 5.02 Å². The third-order valence-corrected chi connectivity index (χ3v) is 5.62. The van der Waals surface area contributed by atoms with Crippen LogP contribution in [0.1, 0.15) is 12.0 Å². The summed E-state index contributed by atoms with van der Waals surface area (Å²) in [6.07, 6.45) is 0.938. The molecule has 1 heterocycles. The van der Waals surface area contributed by atoms with Gasteiger partial charge in [0.2, 0.25) is 5.13 Å². The minimum Gasteiger partial charge on any atom is -0.494 e. The Labute approximate surface area is 160 Å². The molecule has 0 aliphatic carbocycles.